The molecule has 0 aromatic carbocycles. The van der Waals surface area contributed by atoms with Crippen LogP contribution in [0, 0.1) is 12.3 Å². The topological polar surface area (TPSA) is 46.0 Å². The first kappa shape index (κ1) is 9.09. The number of rotatable bonds is 3. The minimum Gasteiger partial charge on any atom is -0.396 e. The van der Waals surface area contributed by atoms with E-state index in [1.807, 2.05) is 6.92 Å². The molecule has 0 aliphatic heterocycles. The first-order valence-electron chi connectivity index (χ1n) is 4.64. The van der Waals surface area contributed by atoms with Crippen LogP contribution in [0.3, 0.4) is 0 Å². The highest BCUT2D eigenvalue weighted by Gasteiger charge is 2.37. The third kappa shape index (κ3) is 1.60. The number of aliphatic hydroxyl groups excluding tert-OH is 1. The summed E-state index contributed by atoms with van der Waals surface area (Å²) < 4.78 is 3.91. The van der Waals surface area contributed by atoms with E-state index in [0.717, 1.165) is 25.0 Å². The monoisotopic (exact) mass is 198 g/mol. The van der Waals surface area contributed by atoms with Crippen LogP contribution in [0.5, 0.6) is 0 Å². The molecule has 1 aromatic rings. The van der Waals surface area contributed by atoms with E-state index in [1.54, 1.807) is 0 Å². The lowest BCUT2D eigenvalue weighted by Crippen LogP contribution is -2.35. The Morgan fingerprint density at radius 3 is 2.69 bits per heavy atom. The third-order valence-electron chi connectivity index (χ3n) is 3.03. The molecule has 1 heterocycles. The van der Waals surface area contributed by atoms with Gasteiger partial charge in [0, 0.05) is 11.5 Å². The van der Waals surface area contributed by atoms with Gasteiger partial charge in [0.15, 0.2) is 0 Å². The van der Waals surface area contributed by atoms with Crippen molar-refractivity contribution in [3.63, 3.8) is 0 Å². The molecule has 0 unspecified atom stereocenters. The second kappa shape index (κ2) is 3.35. The zero-order valence-corrected chi connectivity index (χ0v) is 8.60. The molecule has 72 valence electrons. The molecule has 1 aromatic heterocycles. The van der Waals surface area contributed by atoms with Gasteiger partial charge in [-0.25, -0.2) is 0 Å². The normalized spacial score (nSPS) is 19.8. The quantitative estimate of drug-likeness (QED) is 0.801. The van der Waals surface area contributed by atoms with E-state index < -0.39 is 0 Å². The standard InChI is InChI=1S/C9H14N2OS/c1-7-8(13-11-10-7)5-9(6-12)3-2-4-9/h12H,2-6H2,1H3. The first-order valence-corrected chi connectivity index (χ1v) is 5.42. The second-order valence-electron chi connectivity index (χ2n) is 3.97. The maximum absolute atomic E-state index is 9.29. The lowest BCUT2D eigenvalue weighted by molar-refractivity contribution is 0.0456. The molecule has 0 atom stereocenters. The summed E-state index contributed by atoms with van der Waals surface area (Å²) in [5.74, 6) is 0. The van der Waals surface area contributed by atoms with Gasteiger partial charge in [-0.15, -0.1) is 5.10 Å². The Hall–Kier alpha value is -0.480. The van der Waals surface area contributed by atoms with Crippen molar-refractivity contribution >= 4 is 11.5 Å². The maximum atomic E-state index is 9.29. The molecule has 1 aliphatic carbocycles. The molecule has 1 aliphatic rings. The highest BCUT2D eigenvalue weighted by molar-refractivity contribution is 7.05. The zero-order chi connectivity index (χ0) is 9.31. The van der Waals surface area contributed by atoms with Crippen LogP contribution >= 0.6 is 11.5 Å². The molecular formula is C9H14N2OS. The van der Waals surface area contributed by atoms with Crippen molar-refractivity contribution in [2.75, 3.05) is 6.61 Å². The van der Waals surface area contributed by atoms with E-state index in [2.05, 4.69) is 9.59 Å². The van der Waals surface area contributed by atoms with E-state index >= 15 is 0 Å². The summed E-state index contributed by atoms with van der Waals surface area (Å²) >= 11 is 1.47. The molecule has 1 N–H and O–H groups in total. The van der Waals surface area contributed by atoms with Gasteiger partial charge in [0.2, 0.25) is 0 Å². The molecule has 3 nitrogen and oxygen atoms in total. The Labute approximate surface area is 82.0 Å². The summed E-state index contributed by atoms with van der Waals surface area (Å²) in [7, 11) is 0. The molecule has 0 saturated heterocycles. The summed E-state index contributed by atoms with van der Waals surface area (Å²) in [6, 6.07) is 0. The van der Waals surface area contributed by atoms with Crippen LogP contribution in [0.15, 0.2) is 0 Å². The molecule has 4 heteroatoms. The predicted octanol–water partition coefficient (Wildman–Crippen LogP) is 1.55. The zero-order valence-electron chi connectivity index (χ0n) is 7.79. The van der Waals surface area contributed by atoms with Crippen LogP contribution in [0.25, 0.3) is 0 Å². The lowest BCUT2D eigenvalue weighted by atomic mass is 9.67. The number of nitrogens with zero attached hydrogens (tertiary/aromatic N) is 2. The van der Waals surface area contributed by atoms with Crippen LogP contribution in [-0.4, -0.2) is 21.3 Å². The third-order valence-corrected chi connectivity index (χ3v) is 3.85. The van der Waals surface area contributed by atoms with Gasteiger partial charge >= 0.3 is 0 Å². The van der Waals surface area contributed by atoms with Crippen molar-refractivity contribution in [2.24, 2.45) is 5.41 Å². The first-order chi connectivity index (χ1) is 6.26. The summed E-state index contributed by atoms with van der Waals surface area (Å²) in [4.78, 5) is 1.24. The Bertz CT molecular complexity index is 288. The van der Waals surface area contributed by atoms with Crippen molar-refractivity contribution in [1.82, 2.24) is 9.59 Å². The van der Waals surface area contributed by atoms with Crippen LogP contribution in [0.4, 0.5) is 0 Å². The van der Waals surface area contributed by atoms with Gasteiger partial charge in [-0.1, -0.05) is 10.9 Å². The summed E-state index contributed by atoms with van der Waals surface area (Å²) in [6.07, 6.45) is 4.53. The Kier molecular flexibility index (Phi) is 2.34. The summed E-state index contributed by atoms with van der Waals surface area (Å²) in [5, 5.41) is 13.3. The van der Waals surface area contributed by atoms with Gasteiger partial charge in [0.25, 0.3) is 0 Å². The van der Waals surface area contributed by atoms with E-state index in [4.69, 9.17) is 0 Å². The molecule has 0 radical (unpaired) electrons. The number of hydrogen-bond acceptors (Lipinski definition) is 4. The molecule has 13 heavy (non-hydrogen) atoms. The molecule has 0 spiro atoms. The van der Waals surface area contributed by atoms with E-state index in [-0.39, 0.29) is 5.41 Å². The summed E-state index contributed by atoms with van der Waals surface area (Å²) in [5.41, 5.74) is 1.20. The highest BCUT2D eigenvalue weighted by atomic mass is 32.1. The number of aliphatic hydroxyl groups is 1. The predicted molar refractivity (Wildman–Crippen MR) is 51.7 cm³/mol. The molecule has 1 fully saturated rings. The van der Waals surface area contributed by atoms with Crippen LogP contribution < -0.4 is 0 Å². The number of hydrogen-bond donors (Lipinski definition) is 1. The second-order valence-corrected chi connectivity index (χ2v) is 4.81. The van der Waals surface area contributed by atoms with Crippen molar-refractivity contribution in [3.8, 4) is 0 Å². The van der Waals surface area contributed by atoms with Crippen molar-refractivity contribution in [3.05, 3.63) is 10.6 Å². The average Bonchev–Trinajstić information content (AvgIpc) is 2.44. The van der Waals surface area contributed by atoms with Crippen LogP contribution in [0.1, 0.15) is 29.8 Å². The molecule has 1 saturated carbocycles. The minimum absolute atomic E-state index is 0.166. The lowest BCUT2D eigenvalue weighted by Gasteiger charge is -2.40. The molecular weight excluding hydrogens is 184 g/mol. The van der Waals surface area contributed by atoms with Crippen molar-refractivity contribution in [1.29, 1.82) is 0 Å². The van der Waals surface area contributed by atoms with Gasteiger partial charge in [0.05, 0.1) is 5.69 Å². The number of aryl methyl sites for hydroxylation is 1. The van der Waals surface area contributed by atoms with Crippen LogP contribution in [-0.2, 0) is 6.42 Å². The fourth-order valence-electron chi connectivity index (χ4n) is 1.82. The van der Waals surface area contributed by atoms with Gasteiger partial charge in [-0.2, -0.15) is 0 Å². The number of aromatic nitrogens is 2. The SMILES string of the molecule is Cc1nnsc1CC1(CO)CCC1. The van der Waals surface area contributed by atoms with Crippen molar-refractivity contribution < 1.29 is 5.11 Å². The van der Waals surface area contributed by atoms with E-state index in [0.29, 0.717) is 6.61 Å². The largest absolute Gasteiger partial charge is 0.396 e. The van der Waals surface area contributed by atoms with Gasteiger partial charge < -0.3 is 5.11 Å². The van der Waals surface area contributed by atoms with Crippen molar-refractivity contribution in [2.45, 2.75) is 32.6 Å². The molecule has 0 amide bonds. The van der Waals surface area contributed by atoms with Gasteiger partial charge in [0.1, 0.15) is 0 Å². The van der Waals surface area contributed by atoms with E-state index in [1.165, 1.54) is 22.8 Å². The fraction of sp³-hybridized carbons (Fsp3) is 0.778. The minimum atomic E-state index is 0.166. The Balaban J connectivity index is 2.08. The van der Waals surface area contributed by atoms with E-state index in [9.17, 15) is 5.11 Å². The molecule has 2 rings (SSSR count). The maximum Gasteiger partial charge on any atom is 0.0756 e. The highest BCUT2D eigenvalue weighted by Crippen LogP contribution is 2.43. The van der Waals surface area contributed by atoms with Gasteiger partial charge in [-0.3, -0.25) is 0 Å². The fourth-order valence-corrected chi connectivity index (χ4v) is 2.63. The average molecular weight is 198 g/mol. The Morgan fingerprint density at radius 1 is 1.54 bits per heavy atom. The van der Waals surface area contributed by atoms with Crippen LogP contribution in [0.2, 0.25) is 0 Å². The smallest absolute Gasteiger partial charge is 0.0756 e. The van der Waals surface area contributed by atoms with Gasteiger partial charge in [-0.05, 0) is 43.1 Å². The summed E-state index contributed by atoms with van der Waals surface area (Å²) in [6.45, 7) is 2.30. The Morgan fingerprint density at radius 2 is 2.31 bits per heavy atom. The molecule has 0 bridgehead atoms.